The molecule has 0 saturated carbocycles. The minimum Gasteiger partial charge on any atom is -0.289 e. The molecule has 0 saturated heterocycles. The molecule has 2 aromatic rings. The van der Waals surface area contributed by atoms with Crippen molar-refractivity contribution in [2.45, 2.75) is 11.8 Å². The molecule has 0 spiro atoms. The largest absolute Gasteiger partial charge is 0.289 e. The molecule has 2 aromatic carbocycles. The highest BCUT2D eigenvalue weighted by Gasteiger charge is 2.18. The lowest BCUT2D eigenvalue weighted by Gasteiger charge is -2.11. The van der Waals surface area contributed by atoms with Crippen LogP contribution in [-0.4, -0.2) is 37.5 Å². The Labute approximate surface area is 151 Å². The van der Waals surface area contributed by atoms with Crippen molar-refractivity contribution in [2.75, 3.05) is 14.1 Å². The Morgan fingerprint density at radius 2 is 1.85 bits per heavy atom. The fourth-order valence-electron chi connectivity index (χ4n) is 2.22. The summed E-state index contributed by atoms with van der Waals surface area (Å²) in [7, 11) is -0.816. The van der Waals surface area contributed by atoms with Crippen molar-refractivity contribution in [2.24, 2.45) is 0 Å². The topological polar surface area (TPSA) is 97.6 Å². The standard InChI is InChI=1S/C18H18N2O5S/c1-13-7-8-14(11-17(13)20(22)23)9-10-18(21)15-5-4-6-16(12-15)26(24,25)19(2)3/h4-12H,1-3H3/b10-9+. The van der Waals surface area contributed by atoms with Crippen LogP contribution >= 0.6 is 0 Å². The van der Waals surface area contributed by atoms with E-state index in [4.69, 9.17) is 0 Å². The first kappa shape index (κ1) is 19.5. The van der Waals surface area contributed by atoms with Crippen LogP contribution in [0.3, 0.4) is 0 Å². The van der Waals surface area contributed by atoms with Crippen LogP contribution < -0.4 is 0 Å². The number of sulfonamides is 1. The van der Waals surface area contributed by atoms with Gasteiger partial charge in [-0.2, -0.15) is 0 Å². The van der Waals surface area contributed by atoms with Gasteiger partial charge in [-0.05, 0) is 30.7 Å². The molecule has 0 N–H and O–H groups in total. The molecule has 8 heteroatoms. The summed E-state index contributed by atoms with van der Waals surface area (Å²) in [5.74, 6) is -0.399. The first-order chi connectivity index (χ1) is 12.1. The maximum absolute atomic E-state index is 12.3. The van der Waals surface area contributed by atoms with E-state index in [2.05, 4.69) is 0 Å². The van der Waals surface area contributed by atoms with Crippen molar-refractivity contribution < 1.29 is 18.1 Å². The molecule has 0 bridgehead atoms. The smallest absolute Gasteiger partial charge is 0.272 e. The number of ketones is 1. The molecule has 0 fully saturated rings. The molecule has 7 nitrogen and oxygen atoms in total. The van der Waals surface area contributed by atoms with Gasteiger partial charge in [0.05, 0.1) is 9.82 Å². The Bertz CT molecular complexity index is 994. The van der Waals surface area contributed by atoms with Crippen LogP contribution in [0.25, 0.3) is 6.08 Å². The van der Waals surface area contributed by atoms with Gasteiger partial charge in [0.25, 0.3) is 5.69 Å². The predicted molar refractivity (Wildman–Crippen MR) is 98.5 cm³/mol. The summed E-state index contributed by atoms with van der Waals surface area (Å²) in [5.41, 5.74) is 1.22. The van der Waals surface area contributed by atoms with Crippen molar-refractivity contribution in [3.63, 3.8) is 0 Å². The highest BCUT2D eigenvalue weighted by Crippen LogP contribution is 2.20. The maximum atomic E-state index is 12.3. The highest BCUT2D eigenvalue weighted by molar-refractivity contribution is 7.89. The van der Waals surface area contributed by atoms with Gasteiger partial charge in [0.2, 0.25) is 10.0 Å². The number of hydrogen-bond acceptors (Lipinski definition) is 5. The SMILES string of the molecule is Cc1ccc(/C=C/C(=O)c2cccc(S(=O)(=O)N(C)C)c2)cc1[N+](=O)[O-]. The first-order valence-corrected chi connectivity index (χ1v) is 9.07. The van der Waals surface area contributed by atoms with Crippen LogP contribution in [0, 0.1) is 17.0 Å². The molecule has 0 aromatic heterocycles. The monoisotopic (exact) mass is 374 g/mol. The van der Waals surface area contributed by atoms with Crippen LogP contribution in [0.4, 0.5) is 5.69 Å². The lowest BCUT2D eigenvalue weighted by Crippen LogP contribution is -2.22. The van der Waals surface area contributed by atoms with Crippen LogP contribution in [0.1, 0.15) is 21.5 Å². The Balaban J connectivity index is 2.30. The fourth-order valence-corrected chi connectivity index (χ4v) is 3.16. The molecule has 26 heavy (non-hydrogen) atoms. The summed E-state index contributed by atoms with van der Waals surface area (Å²) < 4.78 is 25.4. The normalized spacial score (nSPS) is 11.8. The lowest BCUT2D eigenvalue weighted by atomic mass is 10.1. The zero-order valence-electron chi connectivity index (χ0n) is 14.5. The summed E-state index contributed by atoms with van der Waals surface area (Å²) in [6, 6.07) is 10.4. The third kappa shape index (κ3) is 4.22. The van der Waals surface area contributed by atoms with Gasteiger partial charge >= 0.3 is 0 Å². The van der Waals surface area contributed by atoms with Crippen molar-refractivity contribution in [3.05, 3.63) is 75.3 Å². The van der Waals surface area contributed by atoms with Crippen molar-refractivity contribution >= 4 is 27.6 Å². The second-order valence-corrected chi connectivity index (χ2v) is 7.97. The number of rotatable bonds is 6. The minimum absolute atomic E-state index is 0.0210. The molecule has 0 atom stereocenters. The molecule has 136 valence electrons. The molecule has 0 aliphatic rings. The second-order valence-electron chi connectivity index (χ2n) is 5.82. The van der Waals surface area contributed by atoms with Crippen molar-refractivity contribution in [1.82, 2.24) is 4.31 Å². The highest BCUT2D eigenvalue weighted by atomic mass is 32.2. The van der Waals surface area contributed by atoms with E-state index in [9.17, 15) is 23.3 Å². The van der Waals surface area contributed by atoms with Gasteiger partial charge in [-0.3, -0.25) is 14.9 Å². The zero-order valence-corrected chi connectivity index (χ0v) is 15.4. The van der Waals surface area contributed by atoms with Gasteiger partial charge in [-0.25, -0.2) is 12.7 Å². The molecule has 0 unspecified atom stereocenters. The molecule has 0 amide bonds. The van der Waals surface area contributed by atoms with Crippen LogP contribution in [0.5, 0.6) is 0 Å². The van der Waals surface area contributed by atoms with Gasteiger partial charge in [-0.1, -0.05) is 30.3 Å². The Hall–Kier alpha value is -2.84. The van der Waals surface area contributed by atoms with Gasteiger partial charge in [0, 0.05) is 31.3 Å². The van der Waals surface area contributed by atoms with Gasteiger partial charge in [0.15, 0.2) is 5.78 Å². The minimum atomic E-state index is -3.64. The van der Waals surface area contributed by atoms with E-state index < -0.39 is 20.7 Å². The molecule has 0 aliphatic heterocycles. The lowest BCUT2D eigenvalue weighted by molar-refractivity contribution is -0.385. The summed E-state index contributed by atoms with van der Waals surface area (Å²) in [4.78, 5) is 22.8. The number of nitro benzene ring substituents is 1. The van der Waals surface area contributed by atoms with Gasteiger partial charge in [0.1, 0.15) is 0 Å². The fraction of sp³-hybridized carbons (Fsp3) is 0.167. The average molecular weight is 374 g/mol. The van der Waals surface area contributed by atoms with Crippen molar-refractivity contribution in [1.29, 1.82) is 0 Å². The number of benzene rings is 2. The summed E-state index contributed by atoms with van der Waals surface area (Å²) in [6.07, 6.45) is 2.72. The van der Waals surface area contributed by atoms with Crippen LogP contribution in [0.2, 0.25) is 0 Å². The summed E-state index contributed by atoms with van der Waals surface area (Å²) >= 11 is 0. The zero-order chi connectivity index (χ0) is 19.5. The quantitative estimate of drug-likeness (QED) is 0.335. The van der Waals surface area contributed by atoms with Crippen LogP contribution in [0.15, 0.2) is 53.4 Å². The molecule has 0 heterocycles. The molecule has 2 rings (SSSR count). The van der Waals surface area contributed by atoms with Crippen LogP contribution in [-0.2, 0) is 10.0 Å². The predicted octanol–water partition coefficient (Wildman–Crippen LogP) is 3.05. The number of nitro groups is 1. The molecular formula is C18H18N2O5S. The Morgan fingerprint density at radius 3 is 2.46 bits per heavy atom. The number of carbonyl (C=O) groups is 1. The van der Waals surface area contributed by atoms with E-state index in [1.807, 2.05) is 0 Å². The molecule has 0 aliphatic carbocycles. The Morgan fingerprint density at radius 1 is 1.15 bits per heavy atom. The number of aryl methyl sites for hydroxylation is 1. The van der Waals surface area contributed by atoms with E-state index >= 15 is 0 Å². The van der Waals surface area contributed by atoms with Crippen molar-refractivity contribution in [3.8, 4) is 0 Å². The van der Waals surface area contributed by atoms with E-state index in [-0.39, 0.29) is 16.1 Å². The van der Waals surface area contributed by atoms with E-state index in [1.165, 1.54) is 56.6 Å². The van der Waals surface area contributed by atoms with E-state index in [0.717, 1.165) is 4.31 Å². The number of nitrogens with zero attached hydrogens (tertiary/aromatic N) is 2. The Kier molecular flexibility index (Phi) is 5.69. The maximum Gasteiger partial charge on any atom is 0.272 e. The van der Waals surface area contributed by atoms with Gasteiger partial charge < -0.3 is 0 Å². The number of allylic oxidation sites excluding steroid dienone is 1. The summed E-state index contributed by atoms with van der Waals surface area (Å²) in [5, 5.41) is 11.0. The third-order valence-corrected chi connectivity index (χ3v) is 5.57. The summed E-state index contributed by atoms with van der Waals surface area (Å²) in [6.45, 7) is 1.63. The third-order valence-electron chi connectivity index (χ3n) is 3.75. The average Bonchev–Trinajstić information content (AvgIpc) is 2.60. The van der Waals surface area contributed by atoms with E-state index in [0.29, 0.717) is 11.1 Å². The number of carbonyl (C=O) groups excluding carboxylic acids is 1. The first-order valence-electron chi connectivity index (χ1n) is 7.63. The van der Waals surface area contributed by atoms with Gasteiger partial charge in [-0.15, -0.1) is 0 Å². The second kappa shape index (κ2) is 7.59. The number of hydrogen-bond donors (Lipinski definition) is 0. The van der Waals surface area contributed by atoms with E-state index in [1.54, 1.807) is 19.1 Å². The molecule has 0 radical (unpaired) electrons. The molecular weight excluding hydrogens is 356 g/mol.